The van der Waals surface area contributed by atoms with Crippen LogP contribution in [-0.2, 0) is 42.3 Å². The number of aromatic nitrogens is 1. The van der Waals surface area contributed by atoms with Gasteiger partial charge in [-0.15, -0.1) is 0 Å². The monoisotopic (exact) mass is 531 g/mol. The van der Waals surface area contributed by atoms with Gasteiger partial charge in [-0.2, -0.15) is 0 Å². The van der Waals surface area contributed by atoms with Crippen LogP contribution in [0.3, 0.4) is 0 Å². The van der Waals surface area contributed by atoms with Crippen LogP contribution in [0.2, 0.25) is 0 Å². The Balaban J connectivity index is 1.33. The van der Waals surface area contributed by atoms with Crippen LogP contribution in [0.4, 0.5) is 0 Å². The molecular weight excluding hydrogens is 498 g/mol. The molecule has 2 amide bonds. The molecule has 0 spiro atoms. The zero-order valence-electron chi connectivity index (χ0n) is 22.2. The molecule has 1 fully saturated rings. The standard InChI is InChI=1S/C30H33N3O6/c1-21(34)30(24-11-7-4-8-12-24)13-15-33(16-14-30)29(37)26(39-22(2)35)18-27(36)31-19-28-32-25(20-38-28)17-23-9-5-3-6-10-23/h3-12,20,26H,13-19H2,1-2H3,(H,31,36)/t26-/m1/s1. The molecule has 1 saturated heterocycles. The lowest BCUT2D eigenvalue weighted by Gasteiger charge is -2.41. The predicted octanol–water partition coefficient (Wildman–Crippen LogP) is 3.35. The number of amides is 2. The van der Waals surface area contributed by atoms with E-state index in [-0.39, 0.29) is 18.7 Å². The Hall–Kier alpha value is -4.27. The number of carbonyl (C=O) groups excluding carboxylic acids is 4. The molecule has 204 valence electrons. The molecule has 3 aromatic rings. The fraction of sp³-hybridized carbons (Fsp3) is 0.367. The normalized spacial score (nSPS) is 15.3. The van der Waals surface area contributed by atoms with Crippen molar-refractivity contribution < 1.29 is 28.3 Å². The summed E-state index contributed by atoms with van der Waals surface area (Å²) in [7, 11) is 0. The van der Waals surface area contributed by atoms with Crippen molar-refractivity contribution in [3.63, 3.8) is 0 Å². The molecule has 1 aliphatic heterocycles. The number of esters is 1. The highest BCUT2D eigenvalue weighted by atomic mass is 16.5. The summed E-state index contributed by atoms with van der Waals surface area (Å²) >= 11 is 0. The number of piperidine rings is 1. The van der Waals surface area contributed by atoms with E-state index in [4.69, 9.17) is 9.15 Å². The molecule has 1 N–H and O–H groups in total. The second-order valence-corrected chi connectivity index (χ2v) is 9.80. The van der Waals surface area contributed by atoms with E-state index in [0.717, 1.165) is 16.8 Å². The number of nitrogens with zero attached hydrogens (tertiary/aromatic N) is 2. The minimum Gasteiger partial charge on any atom is -0.452 e. The van der Waals surface area contributed by atoms with Crippen LogP contribution in [-0.4, -0.2) is 52.6 Å². The molecule has 2 aromatic carbocycles. The molecule has 1 atom stereocenters. The summed E-state index contributed by atoms with van der Waals surface area (Å²) < 4.78 is 10.7. The Kier molecular flexibility index (Phi) is 8.91. The summed E-state index contributed by atoms with van der Waals surface area (Å²) in [4.78, 5) is 56.3. The highest BCUT2D eigenvalue weighted by molar-refractivity contribution is 5.91. The maximum Gasteiger partial charge on any atom is 0.303 e. The molecule has 9 heteroatoms. The largest absolute Gasteiger partial charge is 0.452 e. The topological polar surface area (TPSA) is 119 Å². The van der Waals surface area contributed by atoms with E-state index in [9.17, 15) is 19.2 Å². The summed E-state index contributed by atoms with van der Waals surface area (Å²) in [6.07, 6.45) is 1.46. The van der Waals surface area contributed by atoms with Gasteiger partial charge in [-0.25, -0.2) is 4.98 Å². The zero-order valence-corrected chi connectivity index (χ0v) is 22.2. The minimum absolute atomic E-state index is 0.0382. The number of hydrogen-bond donors (Lipinski definition) is 1. The van der Waals surface area contributed by atoms with Crippen LogP contribution in [0, 0.1) is 0 Å². The second kappa shape index (κ2) is 12.5. The van der Waals surface area contributed by atoms with Crippen LogP contribution in [0.25, 0.3) is 0 Å². The van der Waals surface area contributed by atoms with Gasteiger partial charge < -0.3 is 19.4 Å². The lowest BCUT2D eigenvalue weighted by molar-refractivity contribution is -0.161. The minimum atomic E-state index is -1.26. The Morgan fingerprint density at radius 1 is 1.00 bits per heavy atom. The molecule has 9 nitrogen and oxygen atoms in total. The molecule has 2 heterocycles. The van der Waals surface area contributed by atoms with E-state index in [2.05, 4.69) is 10.3 Å². The van der Waals surface area contributed by atoms with E-state index in [1.54, 1.807) is 18.1 Å². The third-order valence-electron chi connectivity index (χ3n) is 7.15. The predicted molar refractivity (Wildman–Crippen MR) is 142 cm³/mol. The number of carbonyl (C=O) groups is 4. The maximum atomic E-state index is 13.3. The number of oxazole rings is 1. The van der Waals surface area contributed by atoms with Gasteiger partial charge in [-0.05, 0) is 30.9 Å². The average Bonchev–Trinajstić information content (AvgIpc) is 3.39. The van der Waals surface area contributed by atoms with Crippen LogP contribution in [0.1, 0.15) is 55.8 Å². The van der Waals surface area contributed by atoms with Crippen molar-refractivity contribution in [2.45, 2.75) is 57.6 Å². The highest BCUT2D eigenvalue weighted by Crippen LogP contribution is 2.36. The van der Waals surface area contributed by atoms with Crippen LogP contribution in [0.15, 0.2) is 71.3 Å². The molecule has 39 heavy (non-hydrogen) atoms. The van der Waals surface area contributed by atoms with Crippen molar-refractivity contribution in [3.05, 3.63) is 89.6 Å². The quantitative estimate of drug-likeness (QED) is 0.399. The van der Waals surface area contributed by atoms with Crippen LogP contribution < -0.4 is 5.32 Å². The van der Waals surface area contributed by atoms with Gasteiger partial charge in [-0.3, -0.25) is 19.2 Å². The van der Waals surface area contributed by atoms with E-state index >= 15 is 0 Å². The van der Waals surface area contributed by atoms with E-state index < -0.39 is 29.3 Å². The van der Waals surface area contributed by atoms with Gasteiger partial charge in [0.05, 0.1) is 24.1 Å². The number of Topliss-reactive ketones (excluding diaryl/α,β-unsaturated/α-hetero) is 1. The maximum absolute atomic E-state index is 13.3. The van der Waals surface area contributed by atoms with Gasteiger partial charge in [-0.1, -0.05) is 60.7 Å². The Bertz CT molecular complexity index is 1300. The van der Waals surface area contributed by atoms with Gasteiger partial charge in [0.2, 0.25) is 11.8 Å². The van der Waals surface area contributed by atoms with Gasteiger partial charge in [0.1, 0.15) is 12.0 Å². The van der Waals surface area contributed by atoms with Crippen molar-refractivity contribution >= 4 is 23.6 Å². The lowest BCUT2D eigenvalue weighted by atomic mass is 9.70. The highest BCUT2D eigenvalue weighted by Gasteiger charge is 2.42. The molecule has 0 radical (unpaired) electrons. The molecular formula is C30H33N3O6. The number of ether oxygens (including phenoxy) is 1. The van der Waals surface area contributed by atoms with E-state index in [1.807, 2.05) is 60.7 Å². The Morgan fingerprint density at radius 2 is 1.64 bits per heavy atom. The number of likely N-dealkylation sites (tertiary alicyclic amines) is 1. The number of hydrogen-bond acceptors (Lipinski definition) is 7. The smallest absolute Gasteiger partial charge is 0.303 e. The van der Waals surface area contributed by atoms with Crippen molar-refractivity contribution in [2.24, 2.45) is 0 Å². The first-order valence-corrected chi connectivity index (χ1v) is 13.0. The lowest BCUT2D eigenvalue weighted by Crippen LogP contribution is -2.52. The van der Waals surface area contributed by atoms with Crippen LogP contribution >= 0.6 is 0 Å². The summed E-state index contributed by atoms with van der Waals surface area (Å²) in [6.45, 7) is 3.44. The van der Waals surface area contributed by atoms with E-state index in [0.29, 0.717) is 38.2 Å². The summed E-state index contributed by atoms with van der Waals surface area (Å²) in [5.74, 6) is -1.19. The first-order valence-electron chi connectivity index (χ1n) is 13.0. The summed E-state index contributed by atoms with van der Waals surface area (Å²) in [5, 5.41) is 2.69. The Morgan fingerprint density at radius 3 is 2.26 bits per heavy atom. The van der Waals surface area contributed by atoms with Crippen molar-refractivity contribution in [1.29, 1.82) is 0 Å². The second-order valence-electron chi connectivity index (χ2n) is 9.80. The van der Waals surface area contributed by atoms with Crippen molar-refractivity contribution in [1.82, 2.24) is 15.2 Å². The number of nitrogens with one attached hydrogen (secondary N) is 1. The third kappa shape index (κ3) is 6.98. The SMILES string of the molecule is CC(=O)O[C@H](CC(=O)NCc1nc(Cc2ccccc2)co1)C(=O)N1CCC(C(C)=O)(c2ccccc2)CC1. The first-order chi connectivity index (χ1) is 18.8. The van der Waals surface area contributed by atoms with Gasteiger partial charge in [0.25, 0.3) is 5.91 Å². The fourth-order valence-corrected chi connectivity index (χ4v) is 5.02. The van der Waals surface area contributed by atoms with Gasteiger partial charge in [0, 0.05) is 26.4 Å². The molecule has 1 aromatic heterocycles. The zero-order chi connectivity index (χ0) is 27.8. The van der Waals surface area contributed by atoms with Crippen LogP contribution in [0.5, 0.6) is 0 Å². The van der Waals surface area contributed by atoms with Gasteiger partial charge >= 0.3 is 5.97 Å². The molecule has 4 rings (SSSR count). The molecule has 0 saturated carbocycles. The average molecular weight is 532 g/mol. The molecule has 0 bridgehead atoms. The summed E-state index contributed by atoms with van der Waals surface area (Å²) in [5.41, 5.74) is 2.09. The van der Waals surface area contributed by atoms with Crippen molar-refractivity contribution in [3.8, 4) is 0 Å². The Labute approximate surface area is 227 Å². The van der Waals surface area contributed by atoms with Gasteiger partial charge in [0.15, 0.2) is 6.10 Å². The van der Waals surface area contributed by atoms with E-state index in [1.165, 1.54) is 6.92 Å². The van der Waals surface area contributed by atoms with Crippen molar-refractivity contribution in [2.75, 3.05) is 13.1 Å². The first kappa shape index (κ1) is 27.8. The number of benzene rings is 2. The number of rotatable bonds is 10. The number of ketones is 1. The molecule has 0 aliphatic carbocycles. The molecule has 1 aliphatic rings. The molecule has 0 unspecified atom stereocenters. The summed E-state index contributed by atoms with van der Waals surface area (Å²) in [6, 6.07) is 19.4. The third-order valence-corrected chi connectivity index (χ3v) is 7.15. The fourth-order valence-electron chi connectivity index (χ4n) is 5.02.